The van der Waals surface area contributed by atoms with Gasteiger partial charge in [0.15, 0.2) is 0 Å². The molecule has 0 radical (unpaired) electrons. The summed E-state index contributed by atoms with van der Waals surface area (Å²) in [7, 11) is 0. The molecule has 0 saturated heterocycles. The minimum atomic E-state index is 0.498. The molecule has 1 aliphatic rings. The fourth-order valence-corrected chi connectivity index (χ4v) is 2.21. The van der Waals surface area contributed by atoms with Gasteiger partial charge in [-0.3, -0.25) is 4.79 Å². The second-order valence-corrected chi connectivity index (χ2v) is 4.16. The van der Waals surface area contributed by atoms with E-state index in [0.29, 0.717) is 11.7 Å². The van der Waals surface area contributed by atoms with Gasteiger partial charge in [-0.1, -0.05) is 33.1 Å². The van der Waals surface area contributed by atoms with Crippen LogP contribution in [0.4, 0.5) is 0 Å². The lowest BCUT2D eigenvalue weighted by Gasteiger charge is -2.19. The molecule has 70 valence electrons. The van der Waals surface area contributed by atoms with Gasteiger partial charge in [0.25, 0.3) is 0 Å². The summed E-state index contributed by atoms with van der Waals surface area (Å²) in [5.41, 5.74) is 0. The highest BCUT2D eigenvalue weighted by atomic mass is 16.1. The van der Waals surface area contributed by atoms with Crippen LogP contribution in [0.2, 0.25) is 0 Å². The summed E-state index contributed by atoms with van der Waals surface area (Å²) < 4.78 is 0. The summed E-state index contributed by atoms with van der Waals surface area (Å²) in [5, 5.41) is 0. The van der Waals surface area contributed by atoms with Crippen LogP contribution in [0.25, 0.3) is 0 Å². The van der Waals surface area contributed by atoms with E-state index < -0.39 is 0 Å². The Balaban J connectivity index is 2.48. The first kappa shape index (κ1) is 9.76. The topological polar surface area (TPSA) is 17.1 Å². The number of carbonyl (C=O) groups excluding carboxylic acids is 1. The molecule has 1 heteroatoms. The van der Waals surface area contributed by atoms with Crippen molar-refractivity contribution in [2.75, 3.05) is 0 Å². The van der Waals surface area contributed by atoms with Gasteiger partial charge in [0.05, 0.1) is 0 Å². The van der Waals surface area contributed by atoms with E-state index in [2.05, 4.69) is 13.8 Å². The molecule has 1 rings (SSSR count). The molecule has 0 N–H and O–H groups in total. The van der Waals surface area contributed by atoms with Crippen molar-refractivity contribution in [2.24, 2.45) is 11.8 Å². The molecule has 0 aromatic carbocycles. The standard InChI is InChI=1S/C11H20O/c1-3-5-10-8-11(12)7-4-6-9(10)2/h9-10H,3-8H2,1-2H3. The van der Waals surface area contributed by atoms with Gasteiger partial charge < -0.3 is 0 Å². The van der Waals surface area contributed by atoms with Crippen molar-refractivity contribution in [2.45, 2.75) is 52.4 Å². The van der Waals surface area contributed by atoms with E-state index in [9.17, 15) is 4.79 Å². The van der Waals surface area contributed by atoms with Crippen molar-refractivity contribution in [3.8, 4) is 0 Å². The van der Waals surface area contributed by atoms with Crippen LogP contribution in [0, 0.1) is 11.8 Å². The molecule has 0 aliphatic heterocycles. The minimum absolute atomic E-state index is 0.498. The third kappa shape index (κ3) is 2.62. The molecule has 1 nitrogen and oxygen atoms in total. The molecule has 0 heterocycles. The Morgan fingerprint density at radius 2 is 2.25 bits per heavy atom. The molecule has 0 aromatic rings. The van der Waals surface area contributed by atoms with E-state index in [1.54, 1.807) is 0 Å². The summed E-state index contributed by atoms with van der Waals surface area (Å²) in [5.74, 6) is 1.96. The van der Waals surface area contributed by atoms with Gasteiger partial charge in [0, 0.05) is 12.8 Å². The highest BCUT2D eigenvalue weighted by Crippen LogP contribution is 2.29. The molecule has 1 saturated carbocycles. The number of hydrogen-bond donors (Lipinski definition) is 0. The number of carbonyl (C=O) groups is 1. The Morgan fingerprint density at radius 1 is 1.50 bits per heavy atom. The van der Waals surface area contributed by atoms with Crippen molar-refractivity contribution in [3.05, 3.63) is 0 Å². The van der Waals surface area contributed by atoms with Gasteiger partial charge in [-0.25, -0.2) is 0 Å². The molecule has 2 atom stereocenters. The van der Waals surface area contributed by atoms with Gasteiger partial charge in [-0.05, 0) is 18.3 Å². The summed E-state index contributed by atoms with van der Waals surface area (Å²) in [6.45, 7) is 4.51. The molecule has 1 aliphatic carbocycles. The van der Waals surface area contributed by atoms with Gasteiger partial charge in [-0.15, -0.1) is 0 Å². The Bertz CT molecular complexity index is 151. The Labute approximate surface area is 75.5 Å². The van der Waals surface area contributed by atoms with E-state index >= 15 is 0 Å². The maximum atomic E-state index is 11.3. The molecular formula is C11H20O. The van der Waals surface area contributed by atoms with E-state index in [-0.39, 0.29) is 0 Å². The summed E-state index contributed by atoms with van der Waals surface area (Å²) in [6.07, 6.45) is 6.55. The average molecular weight is 168 g/mol. The second-order valence-electron chi connectivity index (χ2n) is 4.16. The second kappa shape index (κ2) is 4.64. The van der Waals surface area contributed by atoms with E-state index in [0.717, 1.165) is 25.2 Å². The molecule has 0 spiro atoms. The van der Waals surface area contributed by atoms with E-state index in [1.165, 1.54) is 19.3 Å². The van der Waals surface area contributed by atoms with Crippen LogP contribution < -0.4 is 0 Å². The van der Waals surface area contributed by atoms with Crippen molar-refractivity contribution >= 4 is 5.78 Å². The van der Waals surface area contributed by atoms with E-state index in [4.69, 9.17) is 0 Å². The summed E-state index contributed by atoms with van der Waals surface area (Å²) in [6, 6.07) is 0. The lowest BCUT2D eigenvalue weighted by Crippen LogP contribution is -2.12. The van der Waals surface area contributed by atoms with Crippen molar-refractivity contribution < 1.29 is 4.79 Å². The van der Waals surface area contributed by atoms with Crippen molar-refractivity contribution in [1.29, 1.82) is 0 Å². The molecule has 2 unspecified atom stereocenters. The van der Waals surface area contributed by atoms with Crippen LogP contribution >= 0.6 is 0 Å². The molecular weight excluding hydrogens is 148 g/mol. The van der Waals surface area contributed by atoms with Gasteiger partial charge in [-0.2, -0.15) is 0 Å². The quantitative estimate of drug-likeness (QED) is 0.579. The van der Waals surface area contributed by atoms with Crippen molar-refractivity contribution in [3.63, 3.8) is 0 Å². The van der Waals surface area contributed by atoms with Gasteiger partial charge in [0.2, 0.25) is 0 Å². The Kier molecular flexibility index (Phi) is 3.77. The Morgan fingerprint density at radius 3 is 2.92 bits per heavy atom. The predicted octanol–water partition coefficient (Wildman–Crippen LogP) is 3.18. The van der Waals surface area contributed by atoms with Crippen molar-refractivity contribution in [1.82, 2.24) is 0 Å². The van der Waals surface area contributed by atoms with Crippen LogP contribution in [-0.2, 0) is 4.79 Å². The zero-order chi connectivity index (χ0) is 8.97. The maximum Gasteiger partial charge on any atom is 0.133 e. The normalized spacial score (nSPS) is 31.7. The number of rotatable bonds is 2. The smallest absolute Gasteiger partial charge is 0.133 e. The molecule has 12 heavy (non-hydrogen) atoms. The van der Waals surface area contributed by atoms with E-state index in [1.807, 2.05) is 0 Å². The zero-order valence-corrected chi connectivity index (χ0v) is 8.31. The molecule has 0 aromatic heterocycles. The highest BCUT2D eigenvalue weighted by Gasteiger charge is 2.22. The number of Topliss-reactive ketones (excluding diaryl/α,β-unsaturated/α-hetero) is 1. The van der Waals surface area contributed by atoms with Crippen LogP contribution in [0.5, 0.6) is 0 Å². The van der Waals surface area contributed by atoms with Crippen LogP contribution in [0.1, 0.15) is 52.4 Å². The van der Waals surface area contributed by atoms with Crippen LogP contribution in [-0.4, -0.2) is 5.78 Å². The molecule has 0 amide bonds. The van der Waals surface area contributed by atoms with Gasteiger partial charge >= 0.3 is 0 Å². The first-order valence-electron chi connectivity index (χ1n) is 5.25. The summed E-state index contributed by atoms with van der Waals surface area (Å²) in [4.78, 5) is 11.3. The molecule has 1 fully saturated rings. The third-order valence-corrected chi connectivity index (χ3v) is 3.07. The highest BCUT2D eigenvalue weighted by molar-refractivity contribution is 5.78. The number of hydrogen-bond acceptors (Lipinski definition) is 1. The third-order valence-electron chi connectivity index (χ3n) is 3.07. The zero-order valence-electron chi connectivity index (χ0n) is 8.31. The first-order valence-corrected chi connectivity index (χ1v) is 5.25. The lowest BCUT2D eigenvalue weighted by molar-refractivity contribution is -0.119. The predicted molar refractivity (Wildman–Crippen MR) is 51.0 cm³/mol. The van der Waals surface area contributed by atoms with Gasteiger partial charge in [0.1, 0.15) is 5.78 Å². The number of ketones is 1. The summed E-state index contributed by atoms with van der Waals surface area (Å²) >= 11 is 0. The Hall–Kier alpha value is -0.330. The average Bonchev–Trinajstić information content (AvgIpc) is 2.16. The monoisotopic (exact) mass is 168 g/mol. The van der Waals surface area contributed by atoms with Crippen LogP contribution in [0.15, 0.2) is 0 Å². The fourth-order valence-electron chi connectivity index (χ4n) is 2.21. The lowest BCUT2D eigenvalue weighted by atomic mass is 9.86. The van der Waals surface area contributed by atoms with Crippen LogP contribution in [0.3, 0.4) is 0 Å². The fraction of sp³-hybridized carbons (Fsp3) is 0.909. The first-order chi connectivity index (χ1) is 5.74. The SMILES string of the molecule is CCCC1CC(=O)CCCC1C. The largest absolute Gasteiger partial charge is 0.300 e. The maximum absolute atomic E-state index is 11.3. The molecule has 0 bridgehead atoms. The minimum Gasteiger partial charge on any atom is -0.300 e.